The zero-order valence-electron chi connectivity index (χ0n) is 16.4. The van der Waals surface area contributed by atoms with Gasteiger partial charge in [0, 0.05) is 19.6 Å². The topological polar surface area (TPSA) is 48.4 Å². The molecule has 0 aliphatic rings. The van der Waals surface area contributed by atoms with Crippen molar-refractivity contribution in [1.29, 1.82) is 0 Å². The Labute approximate surface area is 167 Å². The molecule has 1 aromatic heterocycles. The van der Waals surface area contributed by atoms with Crippen LogP contribution in [0.5, 0.6) is 0 Å². The molecular weight excluding hydrogens is 374 g/mol. The molecule has 0 fully saturated rings. The Bertz CT molecular complexity index is 787. The van der Waals surface area contributed by atoms with Crippen molar-refractivity contribution in [1.82, 2.24) is 4.98 Å². The summed E-state index contributed by atoms with van der Waals surface area (Å²) in [5, 5.41) is 0.827. The lowest BCUT2D eigenvalue weighted by Gasteiger charge is -2.14. The molecule has 0 spiro atoms. The minimum absolute atomic E-state index is 0.343. The molecular formula is C21H27NO3SSi. The van der Waals surface area contributed by atoms with Gasteiger partial charge in [-0.05, 0) is 36.4 Å². The number of hydrogen-bond acceptors (Lipinski definition) is 5. The van der Waals surface area contributed by atoms with Crippen molar-refractivity contribution >= 4 is 31.9 Å². The first-order chi connectivity index (χ1) is 12.9. The largest absolute Gasteiger partial charge is 0.465 e. The Kier molecular flexibility index (Phi) is 8.28. The van der Waals surface area contributed by atoms with Crippen LogP contribution in [0.15, 0.2) is 58.5 Å². The molecule has 0 saturated heterocycles. The third-order valence-electron chi connectivity index (χ3n) is 3.75. The minimum atomic E-state index is -1.04. The van der Waals surface area contributed by atoms with Gasteiger partial charge < -0.3 is 9.47 Å². The van der Waals surface area contributed by atoms with E-state index in [4.69, 9.17) is 9.47 Å². The number of hydrogen-bond donors (Lipinski definition) is 0. The lowest BCUT2D eigenvalue weighted by Crippen LogP contribution is -2.21. The van der Waals surface area contributed by atoms with E-state index in [0.29, 0.717) is 12.2 Å². The van der Waals surface area contributed by atoms with Gasteiger partial charge in [0.1, 0.15) is 5.03 Å². The maximum Gasteiger partial charge on any atom is 0.339 e. The van der Waals surface area contributed by atoms with Gasteiger partial charge in [-0.1, -0.05) is 55.7 Å². The summed E-state index contributed by atoms with van der Waals surface area (Å²) >= 11 is 1.45. The number of carbonyl (C=O) groups is 1. The summed E-state index contributed by atoms with van der Waals surface area (Å²) in [6.45, 7) is 8.44. The van der Waals surface area contributed by atoms with E-state index in [1.807, 2.05) is 48.6 Å². The highest BCUT2D eigenvalue weighted by Crippen LogP contribution is 2.29. The summed E-state index contributed by atoms with van der Waals surface area (Å²) in [5.74, 6) is -0.343. The molecule has 1 heterocycles. The molecule has 27 heavy (non-hydrogen) atoms. The van der Waals surface area contributed by atoms with Gasteiger partial charge in [-0.15, -0.1) is 0 Å². The Balaban J connectivity index is 1.96. The second-order valence-corrected chi connectivity index (χ2v) is 14.0. The summed E-state index contributed by atoms with van der Waals surface area (Å²) in [4.78, 5) is 17.4. The fourth-order valence-corrected chi connectivity index (χ4v) is 3.91. The first kappa shape index (κ1) is 21.4. The van der Waals surface area contributed by atoms with Crippen molar-refractivity contribution < 1.29 is 14.3 Å². The third-order valence-corrected chi connectivity index (χ3v) is 6.47. The molecule has 4 nitrogen and oxygen atoms in total. The van der Waals surface area contributed by atoms with E-state index in [2.05, 4.69) is 24.6 Å². The van der Waals surface area contributed by atoms with Gasteiger partial charge in [0.05, 0.1) is 25.0 Å². The summed E-state index contributed by atoms with van der Waals surface area (Å²) in [7, 11) is 0.349. The Morgan fingerprint density at radius 2 is 1.93 bits per heavy atom. The summed E-state index contributed by atoms with van der Waals surface area (Å²) < 4.78 is 10.5. The van der Waals surface area contributed by atoms with E-state index < -0.39 is 8.07 Å². The van der Waals surface area contributed by atoms with E-state index in [9.17, 15) is 4.79 Å². The molecule has 0 atom stereocenters. The lowest BCUT2D eigenvalue weighted by atomic mass is 10.2. The van der Waals surface area contributed by atoms with Gasteiger partial charge in [0.25, 0.3) is 0 Å². The molecule has 2 rings (SSSR count). The van der Waals surface area contributed by atoms with Crippen molar-refractivity contribution in [3.8, 4) is 0 Å². The molecule has 0 aliphatic carbocycles. The van der Waals surface area contributed by atoms with Gasteiger partial charge in [0.15, 0.2) is 0 Å². The normalized spacial score (nSPS) is 11.7. The predicted octanol–water partition coefficient (Wildman–Crippen LogP) is 5.39. The monoisotopic (exact) mass is 401 g/mol. The average Bonchev–Trinajstić information content (AvgIpc) is 2.64. The zero-order chi connectivity index (χ0) is 19.7. The number of pyridine rings is 1. The van der Waals surface area contributed by atoms with Gasteiger partial charge in [-0.25, -0.2) is 9.78 Å². The first-order valence-corrected chi connectivity index (χ1v) is 13.5. The van der Waals surface area contributed by atoms with Crippen molar-refractivity contribution in [2.75, 3.05) is 20.3 Å². The Morgan fingerprint density at radius 3 is 2.67 bits per heavy atom. The van der Waals surface area contributed by atoms with E-state index >= 15 is 0 Å². The van der Waals surface area contributed by atoms with Crippen LogP contribution in [0.4, 0.5) is 0 Å². The third kappa shape index (κ3) is 7.70. The number of benzene rings is 1. The van der Waals surface area contributed by atoms with E-state index in [1.165, 1.54) is 24.9 Å². The standard InChI is InChI=1S/C21H27NO3SSi/c1-24-21(23)18-11-5-6-12-19(18)26-20-13-7-9-17(22-20)10-8-14-25-15-16-27(2,3)4/h5-13H,14-16H2,1-4H3. The van der Waals surface area contributed by atoms with Crippen molar-refractivity contribution in [3.05, 3.63) is 59.8 Å². The molecule has 0 unspecified atom stereocenters. The molecule has 0 saturated carbocycles. The van der Waals surface area contributed by atoms with Crippen LogP contribution >= 0.6 is 11.8 Å². The van der Waals surface area contributed by atoms with Crippen LogP contribution in [0.1, 0.15) is 16.1 Å². The maximum atomic E-state index is 11.9. The smallest absolute Gasteiger partial charge is 0.339 e. The number of methoxy groups -OCH3 is 1. The summed E-state index contributed by atoms with van der Waals surface area (Å²) in [6.07, 6.45) is 3.95. The van der Waals surface area contributed by atoms with E-state index in [-0.39, 0.29) is 5.97 Å². The van der Waals surface area contributed by atoms with Crippen LogP contribution in [0, 0.1) is 0 Å². The molecule has 0 bridgehead atoms. The number of ether oxygens (including phenoxy) is 2. The highest BCUT2D eigenvalue weighted by molar-refractivity contribution is 7.99. The highest BCUT2D eigenvalue weighted by atomic mass is 32.2. The number of carbonyl (C=O) groups excluding carboxylic acids is 1. The second kappa shape index (κ2) is 10.4. The predicted molar refractivity (Wildman–Crippen MR) is 114 cm³/mol. The minimum Gasteiger partial charge on any atom is -0.465 e. The van der Waals surface area contributed by atoms with Crippen LogP contribution in [-0.4, -0.2) is 39.4 Å². The second-order valence-electron chi connectivity index (χ2n) is 7.28. The van der Waals surface area contributed by atoms with Gasteiger partial charge in [0.2, 0.25) is 0 Å². The lowest BCUT2D eigenvalue weighted by molar-refractivity contribution is 0.0597. The fourth-order valence-electron chi connectivity index (χ4n) is 2.23. The van der Waals surface area contributed by atoms with Crippen LogP contribution < -0.4 is 0 Å². The molecule has 6 heteroatoms. The average molecular weight is 402 g/mol. The molecule has 144 valence electrons. The zero-order valence-corrected chi connectivity index (χ0v) is 18.2. The fraction of sp³-hybridized carbons (Fsp3) is 0.333. The van der Waals surface area contributed by atoms with Crippen molar-refractivity contribution in [2.24, 2.45) is 0 Å². The van der Waals surface area contributed by atoms with Crippen molar-refractivity contribution in [3.63, 3.8) is 0 Å². The quantitative estimate of drug-likeness (QED) is 0.320. The SMILES string of the molecule is COC(=O)c1ccccc1Sc1cccc(C=CCOCC[Si](C)(C)C)n1. The Hall–Kier alpha value is -1.89. The first-order valence-electron chi connectivity index (χ1n) is 8.95. The number of esters is 1. The van der Waals surface area contributed by atoms with Gasteiger partial charge >= 0.3 is 5.97 Å². The summed E-state index contributed by atoms with van der Waals surface area (Å²) in [5.41, 5.74) is 1.41. The molecule has 0 N–H and O–H groups in total. The molecule has 0 aliphatic heterocycles. The molecule has 2 aromatic rings. The Morgan fingerprint density at radius 1 is 1.15 bits per heavy atom. The van der Waals surface area contributed by atoms with Crippen molar-refractivity contribution in [2.45, 2.75) is 35.6 Å². The summed E-state index contributed by atoms with van der Waals surface area (Å²) in [6, 6.07) is 14.4. The van der Waals surface area contributed by atoms with Gasteiger partial charge in [-0.2, -0.15) is 0 Å². The molecule has 0 amide bonds. The molecule has 1 aromatic carbocycles. The molecule has 0 radical (unpaired) electrons. The highest BCUT2D eigenvalue weighted by Gasteiger charge is 2.13. The van der Waals surface area contributed by atoms with E-state index in [0.717, 1.165) is 22.2 Å². The van der Waals surface area contributed by atoms with Crippen LogP contribution in [0.2, 0.25) is 25.7 Å². The van der Waals surface area contributed by atoms with Crippen LogP contribution in [0.3, 0.4) is 0 Å². The van der Waals surface area contributed by atoms with E-state index in [1.54, 1.807) is 6.07 Å². The van der Waals surface area contributed by atoms with Crippen LogP contribution in [-0.2, 0) is 9.47 Å². The number of aromatic nitrogens is 1. The van der Waals surface area contributed by atoms with Crippen LogP contribution in [0.25, 0.3) is 6.08 Å². The number of rotatable bonds is 9. The van der Waals surface area contributed by atoms with Gasteiger partial charge in [-0.3, -0.25) is 0 Å². The maximum absolute atomic E-state index is 11.9. The number of nitrogens with zero attached hydrogens (tertiary/aromatic N) is 1.